The Hall–Kier alpha value is -1.39. The van der Waals surface area contributed by atoms with E-state index in [-0.39, 0.29) is 5.54 Å². The number of imidazole rings is 1. The average Bonchev–Trinajstić information content (AvgIpc) is 2.62. The maximum atomic E-state index is 5.92. The molecular weight excluding hydrogens is 224 g/mol. The lowest BCUT2D eigenvalue weighted by atomic mass is 10.1. The Balaban J connectivity index is 1.91. The van der Waals surface area contributed by atoms with Gasteiger partial charge in [-0.2, -0.15) is 0 Å². The van der Waals surface area contributed by atoms with Crippen molar-refractivity contribution in [2.75, 3.05) is 13.1 Å². The molecule has 0 saturated heterocycles. The van der Waals surface area contributed by atoms with Crippen LogP contribution in [0.4, 0.5) is 0 Å². The molecule has 0 amide bonds. The van der Waals surface area contributed by atoms with Crippen LogP contribution < -0.4 is 11.1 Å². The summed E-state index contributed by atoms with van der Waals surface area (Å²) >= 11 is 0. The summed E-state index contributed by atoms with van der Waals surface area (Å²) in [5.74, 6) is 0.963. The van der Waals surface area contributed by atoms with Crippen LogP contribution in [0.5, 0.6) is 0 Å². The number of H-pyrrole nitrogens is 1. The second-order valence-corrected chi connectivity index (χ2v) is 5.59. The number of rotatable bonds is 5. The number of fused-ring (bicyclic) bond motifs is 1. The van der Waals surface area contributed by atoms with Crippen molar-refractivity contribution in [2.45, 2.75) is 32.7 Å². The van der Waals surface area contributed by atoms with Crippen LogP contribution in [0.25, 0.3) is 11.0 Å². The van der Waals surface area contributed by atoms with Crippen molar-refractivity contribution >= 4 is 11.0 Å². The van der Waals surface area contributed by atoms with Crippen LogP contribution in [0, 0.1) is 6.92 Å². The molecule has 4 heteroatoms. The van der Waals surface area contributed by atoms with Gasteiger partial charge in [-0.05, 0) is 51.4 Å². The monoisotopic (exact) mass is 246 g/mol. The van der Waals surface area contributed by atoms with Crippen molar-refractivity contribution in [2.24, 2.45) is 5.73 Å². The maximum Gasteiger partial charge on any atom is 0.104 e. The minimum absolute atomic E-state index is 0.148. The average molecular weight is 246 g/mol. The first-order chi connectivity index (χ1) is 8.44. The molecule has 0 aliphatic heterocycles. The van der Waals surface area contributed by atoms with Crippen molar-refractivity contribution in [3.63, 3.8) is 0 Å². The Morgan fingerprint density at radius 2 is 2.17 bits per heavy atom. The molecule has 0 aliphatic carbocycles. The first-order valence-corrected chi connectivity index (χ1v) is 6.39. The molecule has 1 heterocycles. The first-order valence-electron chi connectivity index (χ1n) is 6.39. The summed E-state index contributed by atoms with van der Waals surface area (Å²) in [7, 11) is 0. The second-order valence-electron chi connectivity index (χ2n) is 5.59. The number of hydrogen-bond donors (Lipinski definition) is 3. The number of nitrogens with one attached hydrogen (secondary N) is 2. The molecule has 0 aliphatic rings. The topological polar surface area (TPSA) is 66.7 Å². The molecular formula is C14H22N4. The molecule has 4 N–H and O–H groups in total. The standard InChI is InChI=1S/C14H22N4/c1-10-17-12-5-4-11(8-13(12)18-10)6-7-16-9-14(2,3)15/h4-5,8,16H,6-7,9,15H2,1-3H3,(H,17,18). The summed E-state index contributed by atoms with van der Waals surface area (Å²) in [5, 5.41) is 3.38. The molecule has 0 fully saturated rings. The Bertz CT molecular complexity index is 522. The lowest BCUT2D eigenvalue weighted by Crippen LogP contribution is -2.43. The van der Waals surface area contributed by atoms with Gasteiger partial charge in [0.1, 0.15) is 5.82 Å². The van der Waals surface area contributed by atoms with Gasteiger partial charge < -0.3 is 16.0 Å². The Morgan fingerprint density at radius 1 is 1.39 bits per heavy atom. The van der Waals surface area contributed by atoms with Crippen LogP contribution in [0.3, 0.4) is 0 Å². The molecule has 0 atom stereocenters. The zero-order chi connectivity index (χ0) is 13.2. The molecule has 4 nitrogen and oxygen atoms in total. The highest BCUT2D eigenvalue weighted by atomic mass is 14.9. The van der Waals surface area contributed by atoms with E-state index in [0.717, 1.165) is 36.4 Å². The van der Waals surface area contributed by atoms with E-state index in [1.807, 2.05) is 20.8 Å². The molecule has 0 bridgehead atoms. The molecule has 98 valence electrons. The van der Waals surface area contributed by atoms with Crippen molar-refractivity contribution in [3.05, 3.63) is 29.6 Å². The highest BCUT2D eigenvalue weighted by Crippen LogP contribution is 2.13. The van der Waals surface area contributed by atoms with Crippen LogP contribution in [-0.4, -0.2) is 28.6 Å². The van der Waals surface area contributed by atoms with E-state index in [0.29, 0.717) is 0 Å². The van der Waals surface area contributed by atoms with Gasteiger partial charge in [-0.1, -0.05) is 6.07 Å². The predicted octanol–water partition coefficient (Wildman–Crippen LogP) is 1.74. The van der Waals surface area contributed by atoms with Gasteiger partial charge in [0.25, 0.3) is 0 Å². The summed E-state index contributed by atoms with van der Waals surface area (Å²) in [4.78, 5) is 7.66. The third-order valence-corrected chi connectivity index (χ3v) is 2.84. The van der Waals surface area contributed by atoms with Gasteiger partial charge in [-0.3, -0.25) is 0 Å². The fraction of sp³-hybridized carbons (Fsp3) is 0.500. The molecule has 1 aromatic heterocycles. The molecule has 0 unspecified atom stereocenters. The molecule has 0 saturated carbocycles. The van der Waals surface area contributed by atoms with E-state index >= 15 is 0 Å². The van der Waals surface area contributed by atoms with E-state index in [9.17, 15) is 0 Å². The number of nitrogens with two attached hydrogens (primary N) is 1. The fourth-order valence-corrected chi connectivity index (χ4v) is 1.98. The minimum atomic E-state index is -0.148. The smallest absolute Gasteiger partial charge is 0.104 e. The third kappa shape index (κ3) is 3.55. The van der Waals surface area contributed by atoms with Crippen LogP contribution in [0.2, 0.25) is 0 Å². The molecule has 2 aromatic rings. The van der Waals surface area contributed by atoms with Crippen molar-refractivity contribution in [3.8, 4) is 0 Å². The summed E-state index contributed by atoms with van der Waals surface area (Å²) < 4.78 is 0. The van der Waals surface area contributed by atoms with Crippen LogP contribution in [0.15, 0.2) is 18.2 Å². The Kier molecular flexibility index (Phi) is 3.68. The number of aromatic nitrogens is 2. The largest absolute Gasteiger partial charge is 0.342 e. The van der Waals surface area contributed by atoms with Crippen molar-refractivity contribution < 1.29 is 0 Å². The van der Waals surface area contributed by atoms with Crippen molar-refractivity contribution in [1.82, 2.24) is 15.3 Å². The van der Waals surface area contributed by atoms with Gasteiger partial charge in [0, 0.05) is 12.1 Å². The number of benzene rings is 1. The summed E-state index contributed by atoms with van der Waals surface area (Å²) in [5.41, 5.74) is 9.23. The lowest BCUT2D eigenvalue weighted by molar-refractivity contribution is 0.469. The second kappa shape index (κ2) is 5.08. The molecule has 0 spiro atoms. The first kappa shape index (κ1) is 13.1. The predicted molar refractivity (Wildman–Crippen MR) is 75.7 cm³/mol. The highest BCUT2D eigenvalue weighted by molar-refractivity contribution is 5.75. The van der Waals surface area contributed by atoms with E-state index in [2.05, 4.69) is 33.5 Å². The Morgan fingerprint density at radius 3 is 2.89 bits per heavy atom. The number of nitrogens with zero attached hydrogens (tertiary/aromatic N) is 1. The van der Waals surface area contributed by atoms with Crippen LogP contribution in [0.1, 0.15) is 25.2 Å². The highest BCUT2D eigenvalue weighted by Gasteiger charge is 2.08. The summed E-state index contributed by atoms with van der Waals surface area (Å²) in [6, 6.07) is 6.38. The normalized spacial score (nSPS) is 12.2. The van der Waals surface area contributed by atoms with Gasteiger partial charge in [0.05, 0.1) is 11.0 Å². The van der Waals surface area contributed by atoms with E-state index in [4.69, 9.17) is 5.73 Å². The number of aromatic amines is 1. The van der Waals surface area contributed by atoms with Gasteiger partial charge in [0.15, 0.2) is 0 Å². The SMILES string of the molecule is Cc1nc2ccc(CCNCC(C)(C)N)cc2[nH]1. The van der Waals surface area contributed by atoms with Gasteiger partial charge in [0.2, 0.25) is 0 Å². The van der Waals surface area contributed by atoms with Crippen LogP contribution >= 0.6 is 0 Å². The molecule has 18 heavy (non-hydrogen) atoms. The fourth-order valence-electron chi connectivity index (χ4n) is 1.98. The maximum absolute atomic E-state index is 5.92. The molecule has 0 radical (unpaired) electrons. The van der Waals surface area contributed by atoms with Crippen molar-refractivity contribution in [1.29, 1.82) is 0 Å². The van der Waals surface area contributed by atoms with Gasteiger partial charge in [-0.15, -0.1) is 0 Å². The van der Waals surface area contributed by atoms with Gasteiger partial charge >= 0.3 is 0 Å². The van der Waals surface area contributed by atoms with E-state index < -0.39 is 0 Å². The number of aryl methyl sites for hydroxylation is 1. The van der Waals surface area contributed by atoms with Crippen LogP contribution in [-0.2, 0) is 6.42 Å². The minimum Gasteiger partial charge on any atom is -0.342 e. The summed E-state index contributed by atoms with van der Waals surface area (Å²) in [6.07, 6.45) is 1.00. The zero-order valence-electron chi connectivity index (χ0n) is 11.4. The third-order valence-electron chi connectivity index (χ3n) is 2.84. The Labute approximate surface area is 108 Å². The van der Waals surface area contributed by atoms with E-state index in [1.54, 1.807) is 0 Å². The summed E-state index contributed by atoms with van der Waals surface area (Å²) in [6.45, 7) is 7.81. The van der Waals surface area contributed by atoms with E-state index in [1.165, 1.54) is 5.56 Å². The number of hydrogen-bond acceptors (Lipinski definition) is 3. The quantitative estimate of drug-likeness (QED) is 0.704. The van der Waals surface area contributed by atoms with Gasteiger partial charge in [-0.25, -0.2) is 4.98 Å². The molecule has 2 rings (SSSR count). The zero-order valence-corrected chi connectivity index (χ0v) is 11.4. The molecule has 1 aromatic carbocycles. The lowest BCUT2D eigenvalue weighted by Gasteiger charge is -2.18.